The lowest BCUT2D eigenvalue weighted by molar-refractivity contribution is 0.557. The molecule has 0 radical (unpaired) electrons. The summed E-state index contributed by atoms with van der Waals surface area (Å²) in [6.07, 6.45) is 5.24. The van der Waals surface area contributed by atoms with Crippen LogP contribution in [-0.4, -0.2) is 15.0 Å². The molecule has 0 aliphatic heterocycles. The molecule has 1 rings (SSSR count). The number of rotatable bonds is 4. The van der Waals surface area contributed by atoms with E-state index in [4.69, 9.17) is 6.42 Å². The molecule has 15 heavy (non-hydrogen) atoms. The van der Waals surface area contributed by atoms with Crippen LogP contribution in [-0.2, 0) is 10.0 Å². The first kappa shape index (κ1) is 11.7. The van der Waals surface area contributed by atoms with Crippen LogP contribution < -0.4 is 4.72 Å². The van der Waals surface area contributed by atoms with Gasteiger partial charge >= 0.3 is 0 Å². The molecule has 3 nitrogen and oxygen atoms in total. The first-order valence-corrected chi connectivity index (χ1v) is 5.74. The van der Waals surface area contributed by atoms with Gasteiger partial charge in [-0.1, -0.05) is 12.1 Å². The van der Waals surface area contributed by atoms with Crippen molar-refractivity contribution in [3.05, 3.63) is 30.1 Å². The molecule has 1 aromatic carbocycles. The maximum atomic E-state index is 13.1. The molecule has 1 aromatic rings. The lowest BCUT2D eigenvalue weighted by atomic mass is 10.4. The van der Waals surface area contributed by atoms with Crippen LogP contribution in [0.3, 0.4) is 0 Å². The number of sulfonamides is 1. The molecular formula is C10H10FNO2S. The summed E-state index contributed by atoms with van der Waals surface area (Å²) in [5.74, 6) is 1.51. The summed E-state index contributed by atoms with van der Waals surface area (Å²) in [6.45, 7) is 0.104. The number of terminal acetylenes is 1. The van der Waals surface area contributed by atoms with Crippen molar-refractivity contribution >= 4 is 10.0 Å². The van der Waals surface area contributed by atoms with E-state index in [1.165, 1.54) is 18.2 Å². The Morgan fingerprint density at radius 1 is 1.40 bits per heavy atom. The number of hydrogen-bond acceptors (Lipinski definition) is 2. The van der Waals surface area contributed by atoms with Crippen molar-refractivity contribution < 1.29 is 12.8 Å². The summed E-state index contributed by atoms with van der Waals surface area (Å²) >= 11 is 0. The fraction of sp³-hybridized carbons (Fsp3) is 0.200. The second-order valence-electron chi connectivity index (χ2n) is 2.78. The lowest BCUT2D eigenvalue weighted by Crippen LogP contribution is -2.25. The number of hydrogen-bond donors (Lipinski definition) is 1. The molecule has 0 atom stereocenters. The topological polar surface area (TPSA) is 46.2 Å². The minimum Gasteiger partial charge on any atom is -0.210 e. The molecule has 0 aliphatic carbocycles. The van der Waals surface area contributed by atoms with Gasteiger partial charge in [0.15, 0.2) is 0 Å². The highest BCUT2D eigenvalue weighted by Gasteiger charge is 2.16. The minimum atomic E-state index is -3.78. The van der Waals surface area contributed by atoms with Crippen molar-refractivity contribution in [3.63, 3.8) is 0 Å². The molecule has 0 unspecified atom stereocenters. The molecule has 0 saturated heterocycles. The first-order valence-electron chi connectivity index (χ1n) is 4.25. The molecule has 0 fully saturated rings. The van der Waals surface area contributed by atoms with Gasteiger partial charge in [0.05, 0.1) is 0 Å². The fourth-order valence-corrected chi connectivity index (χ4v) is 2.11. The third kappa shape index (κ3) is 3.05. The van der Waals surface area contributed by atoms with Gasteiger partial charge in [-0.2, -0.15) is 0 Å². The smallest absolute Gasteiger partial charge is 0.210 e. The zero-order valence-corrected chi connectivity index (χ0v) is 8.72. The van der Waals surface area contributed by atoms with Crippen molar-refractivity contribution in [2.24, 2.45) is 0 Å². The first-order chi connectivity index (χ1) is 7.08. The van der Waals surface area contributed by atoms with Gasteiger partial charge in [-0.25, -0.2) is 17.5 Å². The standard InChI is InChI=1S/C10H10FNO2S/c1-2-3-8-12-15(13,14)10-7-5-4-6-9(10)11/h1,4-7,12H,3,8H2. The van der Waals surface area contributed by atoms with E-state index in [-0.39, 0.29) is 17.9 Å². The van der Waals surface area contributed by atoms with Crippen molar-refractivity contribution in [1.82, 2.24) is 4.72 Å². The summed E-state index contributed by atoms with van der Waals surface area (Å²) in [4.78, 5) is -0.359. The molecule has 5 heteroatoms. The highest BCUT2D eigenvalue weighted by Crippen LogP contribution is 2.12. The van der Waals surface area contributed by atoms with Gasteiger partial charge in [0.1, 0.15) is 10.7 Å². The van der Waals surface area contributed by atoms with Gasteiger partial charge in [0, 0.05) is 13.0 Å². The molecule has 80 valence electrons. The Morgan fingerprint density at radius 3 is 2.67 bits per heavy atom. The van der Waals surface area contributed by atoms with E-state index in [2.05, 4.69) is 10.6 Å². The average Bonchev–Trinajstić information content (AvgIpc) is 2.18. The Kier molecular flexibility index (Phi) is 3.83. The van der Waals surface area contributed by atoms with E-state index in [9.17, 15) is 12.8 Å². The predicted molar refractivity (Wildman–Crippen MR) is 55.0 cm³/mol. The van der Waals surface area contributed by atoms with E-state index in [1.807, 2.05) is 0 Å². The lowest BCUT2D eigenvalue weighted by Gasteiger charge is -2.05. The van der Waals surface area contributed by atoms with Crippen LogP contribution in [0.25, 0.3) is 0 Å². The highest BCUT2D eigenvalue weighted by molar-refractivity contribution is 7.89. The third-order valence-corrected chi connectivity index (χ3v) is 3.18. The van der Waals surface area contributed by atoms with Crippen molar-refractivity contribution in [1.29, 1.82) is 0 Å². The maximum Gasteiger partial charge on any atom is 0.243 e. The van der Waals surface area contributed by atoms with Crippen LogP contribution >= 0.6 is 0 Å². The van der Waals surface area contributed by atoms with Crippen molar-refractivity contribution in [2.45, 2.75) is 11.3 Å². The summed E-state index contributed by atoms with van der Waals surface area (Å²) in [6, 6.07) is 5.18. The highest BCUT2D eigenvalue weighted by atomic mass is 32.2. The molecule has 0 aromatic heterocycles. The molecule has 0 heterocycles. The Bertz CT molecular complexity index is 476. The Balaban J connectivity index is 2.88. The summed E-state index contributed by atoms with van der Waals surface area (Å²) in [5, 5.41) is 0. The van der Waals surface area contributed by atoms with E-state index >= 15 is 0 Å². The van der Waals surface area contributed by atoms with Crippen LogP contribution in [0.1, 0.15) is 6.42 Å². The van der Waals surface area contributed by atoms with Crippen molar-refractivity contribution in [2.75, 3.05) is 6.54 Å². The fourth-order valence-electron chi connectivity index (χ4n) is 0.998. The van der Waals surface area contributed by atoms with Gasteiger partial charge in [-0.05, 0) is 12.1 Å². The maximum absolute atomic E-state index is 13.1. The number of benzene rings is 1. The summed E-state index contributed by atoms with van der Waals surface area (Å²) < 4.78 is 38.4. The van der Waals surface area contributed by atoms with Crippen LogP contribution in [0.2, 0.25) is 0 Å². The predicted octanol–water partition coefficient (Wildman–Crippen LogP) is 1.13. The van der Waals surface area contributed by atoms with Gasteiger partial charge in [-0.3, -0.25) is 0 Å². The van der Waals surface area contributed by atoms with Gasteiger partial charge in [0.2, 0.25) is 10.0 Å². The third-order valence-electron chi connectivity index (χ3n) is 1.69. The van der Waals surface area contributed by atoms with Crippen LogP contribution in [0, 0.1) is 18.2 Å². The average molecular weight is 227 g/mol. The van der Waals surface area contributed by atoms with E-state index < -0.39 is 15.8 Å². The molecule has 0 spiro atoms. The molecule has 0 bridgehead atoms. The van der Waals surface area contributed by atoms with Crippen LogP contribution in [0.15, 0.2) is 29.2 Å². The van der Waals surface area contributed by atoms with E-state index in [0.717, 1.165) is 6.07 Å². The monoisotopic (exact) mass is 227 g/mol. The largest absolute Gasteiger partial charge is 0.243 e. The van der Waals surface area contributed by atoms with Crippen molar-refractivity contribution in [3.8, 4) is 12.3 Å². The second kappa shape index (κ2) is 4.91. The SMILES string of the molecule is C#CCCNS(=O)(=O)c1ccccc1F. The van der Waals surface area contributed by atoms with Crippen LogP contribution in [0.4, 0.5) is 4.39 Å². The van der Waals surface area contributed by atoms with Crippen LogP contribution in [0.5, 0.6) is 0 Å². The molecular weight excluding hydrogens is 217 g/mol. The summed E-state index contributed by atoms with van der Waals surface area (Å²) in [7, 11) is -3.78. The normalized spacial score (nSPS) is 10.9. The molecule has 0 saturated carbocycles. The zero-order chi connectivity index (χ0) is 11.3. The molecule has 0 aliphatic rings. The van der Waals surface area contributed by atoms with E-state index in [0.29, 0.717) is 0 Å². The Hall–Kier alpha value is -1.38. The molecule has 0 amide bonds. The van der Waals surface area contributed by atoms with Gasteiger partial charge in [-0.15, -0.1) is 12.3 Å². The minimum absolute atomic E-state index is 0.104. The molecule has 1 N–H and O–H groups in total. The van der Waals surface area contributed by atoms with E-state index in [1.54, 1.807) is 0 Å². The summed E-state index contributed by atoms with van der Waals surface area (Å²) in [5.41, 5.74) is 0. The van der Waals surface area contributed by atoms with Gasteiger partial charge in [0.25, 0.3) is 0 Å². The Morgan fingerprint density at radius 2 is 2.07 bits per heavy atom. The number of halogens is 1. The number of nitrogens with one attached hydrogen (secondary N) is 1. The zero-order valence-electron chi connectivity index (χ0n) is 7.90. The quantitative estimate of drug-likeness (QED) is 0.619. The Labute approximate surface area is 88.4 Å². The second-order valence-corrected chi connectivity index (χ2v) is 4.52. The van der Waals surface area contributed by atoms with Gasteiger partial charge < -0.3 is 0 Å².